The molecule has 2 heterocycles. The fourth-order valence-corrected chi connectivity index (χ4v) is 4.07. The number of anilines is 1. The van der Waals surface area contributed by atoms with Gasteiger partial charge in [-0.2, -0.15) is 0 Å². The summed E-state index contributed by atoms with van der Waals surface area (Å²) in [6.07, 6.45) is 0.565. The van der Waals surface area contributed by atoms with E-state index in [1.54, 1.807) is 7.05 Å². The van der Waals surface area contributed by atoms with Crippen molar-refractivity contribution in [3.63, 3.8) is 0 Å². The van der Waals surface area contributed by atoms with Crippen LogP contribution in [0.2, 0.25) is 0 Å². The monoisotopic (exact) mass is 218 g/mol. The topological polar surface area (TPSA) is 59.1 Å². The molecule has 0 fully saturated rings. The van der Waals surface area contributed by atoms with E-state index in [-0.39, 0.29) is 11.5 Å². The Bertz CT molecular complexity index is 422. The second-order valence-electron chi connectivity index (χ2n) is 2.98. The Morgan fingerprint density at radius 1 is 1.54 bits per heavy atom. The molecule has 6 heteroatoms. The lowest BCUT2D eigenvalue weighted by molar-refractivity contribution is 0.591. The summed E-state index contributed by atoms with van der Waals surface area (Å²) < 4.78 is 22.5. The van der Waals surface area contributed by atoms with Gasteiger partial charge in [0.25, 0.3) is 0 Å². The molecular weight excluding hydrogens is 208 g/mol. The number of hydrogen-bond donors (Lipinski definition) is 1. The third-order valence-corrected chi connectivity index (χ3v) is 4.85. The van der Waals surface area contributed by atoms with Crippen LogP contribution in [0.15, 0.2) is 0 Å². The largest absolute Gasteiger partial charge is 0.365 e. The van der Waals surface area contributed by atoms with Crippen LogP contribution in [-0.4, -0.2) is 26.2 Å². The van der Waals surface area contributed by atoms with Gasteiger partial charge in [0.1, 0.15) is 0 Å². The molecule has 1 aliphatic rings. The molecule has 0 amide bonds. The summed E-state index contributed by atoms with van der Waals surface area (Å²) in [5, 5.41) is 3.73. The fourth-order valence-electron chi connectivity index (χ4n) is 1.32. The number of rotatable bonds is 1. The average Bonchev–Trinajstić information content (AvgIpc) is 2.44. The van der Waals surface area contributed by atoms with E-state index < -0.39 is 9.84 Å². The third-order valence-electron chi connectivity index (χ3n) is 1.99. The molecule has 72 valence electrons. The van der Waals surface area contributed by atoms with Gasteiger partial charge in [-0.15, -0.1) is 11.3 Å². The maximum atomic E-state index is 11.3. The van der Waals surface area contributed by atoms with Crippen LogP contribution in [0.3, 0.4) is 0 Å². The molecule has 0 aromatic carbocycles. The summed E-state index contributed by atoms with van der Waals surface area (Å²) in [5.41, 5.74) is 0.948. The Morgan fingerprint density at radius 3 is 3.00 bits per heavy atom. The summed E-state index contributed by atoms with van der Waals surface area (Å²) in [7, 11) is -1.06. The first-order chi connectivity index (χ1) is 6.11. The van der Waals surface area contributed by atoms with Gasteiger partial charge in [0.2, 0.25) is 0 Å². The van der Waals surface area contributed by atoms with Gasteiger partial charge in [0.05, 0.1) is 17.2 Å². The molecule has 1 N–H and O–H groups in total. The van der Waals surface area contributed by atoms with Crippen LogP contribution in [-0.2, 0) is 22.0 Å². The number of sulfone groups is 1. The van der Waals surface area contributed by atoms with Crippen molar-refractivity contribution in [2.75, 3.05) is 18.1 Å². The number of fused-ring (bicyclic) bond motifs is 1. The van der Waals surface area contributed by atoms with E-state index >= 15 is 0 Å². The minimum Gasteiger partial charge on any atom is -0.365 e. The lowest BCUT2D eigenvalue weighted by Gasteiger charge is -2.08. The third kappa shape index (κ3) is 1.68. The normalized spacial score (nSPS) is 19.5. The van der Waals surface area contributed by atoms with Crippen molar-refractivity contribution in [2.45, 2.75) is 12.2 Å². The van der Waals surface area contributed by atoms with Crippen LogP contribution in [0.1, 0.15) is 10.6 Å². The number of aromatic nitrogens is 1. The van der Waals surface area contributed by atoms with Crippen molar-refractivity contribution >= 4 is 26.3 Å². The standard InChI is InChI=1S/C7H10N2O2S2/c1-8-7-9-5-2-3-13(10,11)4-6(5)12-7/h2-4H2,1H3,(H,8,9). The zero-order chi connectivity index (χ0) is 9.47. The molecule has 1 aliphatic heterocycles. The number of nitrogens with zero attached hydrogens (tertiary/aromatic N) is 1. The van der Waals surface area contributed by atoms with Gasteiger partial charge in [-0.3, -0.25) is 0 Å². The summed E-state index contributed by atoms with van der Waals surface area (Å²) in [5.74, 6) is 0.411. The van der Waals surface area contributed by atoms with Crippen LogP contribution in [0.5, 0.6) is 0 Å². The highest BCUT2D eigenvalue weighted by molar-refractivity contribution is 7.90. The van der Waals surface area contributed by atoms with Crippen LogP contribution in [0.4, 0.5) is 5.13 Å². The predicted octanol–water partition coefficient (Wildman–Crippen LogP) is 0.656. The minimum absolute atomic E-state index is 0.168. The number of thiazole rings is 1. The Kier molecular flexibility index (Phi) is 2.03. The fraction of sp³-hybridized carbons (Fsp3) is 0.571. The van der Waals surface area contributed by atoms with Crippen molar-refractivity contribution in [3.05, 3.63) is 10.6 Å². The quantitative estimate of drug-likeness (QED) is 0.752. The smallest absolute Gasteiger partial charge is 0.182 e. The molecule has 13 heavy (non-hydrogen) atoms. The van der Waals surface area contributed by atoms with Crippen molar-refractivity contribution in [2.24, 2.45) is 0 Å². The van der Waals surface area contributed by atoms with E-state index in [4.69, 9.17) is 0 Å². The lowest BCUT2D eigenvalue weighted by atomic mass is 10.3. The van der Waals surface area contributed by atoms with Gasteiger partial charge >= 0.3 is 0 Å². The summed E-state index contributed by atoms with van der Waals surface area (Å²) in [6.45, 7) is 0. The molecule has 0 saturated heterocycles. The summed E-state index contributed by atoms with van der Waals surface area (Å²) >= 11 is 1.44. The molecule has 0 unspecified atom stereocenters. The summed E-state index contributed by atoms with van der Waals surface area (Å²) in [4.78, 5) is 5.18. The molecule has 0 spiro atoms. The van der Waals surface area contributed by atoms with E-state index in [1.165, 1.54) is 11.3 Å². The second-order valence-corrected chi connectivity index (χ2v) is 6.25. The first kappa shape index (κ1) is 8.96. The summed E-state index contributed by atoms with van der Waals surface area (Å²) in [6, 6.07) is 0. The molecule has 0 saturated carbocycles. The van der Waals surface area contributed by atoms with Crippen LogP contribution in [0, 0.1) is 0 Å². The SMILES string of the molecule is CNc1nc2c(s1)CS(=O)(=O)CC2. The van der Waals surface area contributed by atoms with Crippen LogP contribution < -0.4 is 5.32 Å². The van der Waals surface area contributed by atoms with Crippen molar-refractivity contribution in [3.8, 4) is 0 Å². The van der Waals surface area contributed by atoms with Gasteiger partial charge < -0.3 is 5.32 Å². The molecule has 1 aromatic heterocycles. The van der Waals surface area contributed by atoms with E-state index in [0.717, 1.165) is 15.7 Å². The molecule has 0 aliphatic carbocycles. The number of aryl methyl sites for hydroxylation is 1. The first-order valence-corrected chi connectivity index (χ1v) is 6.61. The van der Waals surface area contributed by atoms with Gasteiger partial charge in [-0.25, -0.2) is 13.4 Å². The molecule has 0 radical (unpaired) electrons. The highest BCUT2D eigenvalue weighted by Gasteiger charge is 2.24. The van der Waals surface area contributed by atoms with Crippen molar-refractivity contribution < 1.29 is 8.42 Å². The Hall–Kier alpha value is -0.620. The van der Waals surface area contributed by atoms with E-state index in [0.29, 0.717) is 6.42 Å². The maximum Gasteiger partial charge on any atom is 0.182 e. The van der Waals surface area contributed by atoms with Crippen molar-refractivity contribution in [1.82, 2.24) is 4.98 Å². The highest BCUT2D eigenvalue weighted by atomic mass is 32.2. The number of hydrogen-bond acceptors (Lipinski definition) is 5. The molecular formula is C7H10N2O2S2. The first-order valence-electron chi connectivity index (χ1n) is 3.97. The maximum absolute atomic E-state index is 11.3. The molecule has 2 rings (SSSR count). The van der Waals surface area contributed by atoms with E-state index in [1.807, 2.05) is 0 Å². The van der Waals surface area contributed by atoms with E-state index in [9.17, 15) is 8.42 Å². The lowest BCUT2D eigenvalue weighted by Crippen LogP contribution is -2.17. The van der Waals surface area contributed by atoms with Gasteiger partial charge in [0, 0.05) is 18.3 Å². The Morgan fingerprint density at radius 2 is 2.31 bits per heavy atom. The highest BCUT2D eigenvalue weighted by Crippen LogP contribution is 2.28. The zero-order valence-electron chi connectivity index (χ0n) is 7.20. The Balaban J connectivity index is 2.40. The van der Waals surface area contributed by atoms with Crippen molar-refractivity contribution in [1.29, 1.82) is 0 Å². The van der Waals surface area contributed by atoms with Gasteiger partial charge in [-0.1, -0.05) is 0 Å². The van der Waals surface area contributed by atoms with Gasteiger partial charge in [-0.05, 0) is 0 Å². The molecule has 1 aromatic rings. The second kappa shape index (κ2) is 2.95. The predicted molar refractivity (Wildman–Crippen MR) is 52.9 cm³/mol. The minimum atomic E-state index is -2.85. The van der Waals surface area contributed by atoms with Gasteiger partial charge in [0.15, 0.2) is 15.0 Å². The Labute approximate surface area is 80.9 Å². The molecule has 0 atom stereocenters. The zero-order valence-corrected chi connectivity index (χ0v) is 8.83. The van der Waals surface area contributed by atoms with Crippen LogP contribution >= 0.6 is 11.3 Å². The molecule has 4 nitrogen and oxygen atoms in total. The average molecular weight is 218 g/mol. The molecule has 0 bridgehead atoms. The number of nitrogens with one attached hydrogen (secondary N) is 1. The van der Waals surface area contributed by atoms with Crippen LogP contribution in [0.25, 0.3) is 0 Å². The van der Waals surface area contributed by atoms with E-state index in [2.05, 4.69) is 10.3 Å².